The SMILES string of the molecule is CC(CC(N)=O)NCCCOc1ccccc1. The predicted octanol–water partition coefficient (Wildman–Crippen LogP) is 1.31. The van der Waals surface area contributed by atoms with Gasteiger partial charge in [-0.05, 0) is 32.0 Å². The molecule has 1 unspecified atom stereocenters. The summed E-state index contributed by atoms with van der Waals surface area (Å²) in [5.41, 5.74) is 5.10. The molecular weight excluding hydrogens is 216 g/mol. The van der Waals surface area contributed by atoms with Crippen molar-refractivity contribution in [3.63, 3.8) is 0 Å². The maximum Gasteiger partial charge on any atom is 0.218 e. The number of carbonyl (C=O) groups is 1. The second-order valence-corrected chi connectivity index (χ2v) is 4.04. The predicted molar refractivity (Wildman–Crippen MR) is 67.8 cm³/mol. The van der Waals surface area contributed by atoms with Crippen molar-refractivity contribution in [2.75, 3.05) is 13.2 Å². The second kappa shape index (κ2) is 7.68. The summed E-state index contributed by atoms with van der Waals surface area (Å²) in [4.78, 5) is 10.6. The van der Waals surface area contributed by atoms with E-state index < -0.39 is 0 Å². The lowest BCUT2D eigenvalue weighted by Gasteiger charge is -2.12. The Morgan fingerprint density at radius 1 is 1.41 bits per heavy atom. The lowest BCUT2D eigenvalue weighted by Crippen LogP contribution is -2.32. The summed E-state index contributed by atoms with van der Waals surface area (Å²) in [7, 11) is 0. The van der Waals surface area contributed by atoms with Crippen molar-refractivity contribution in [2.24, 2.45) is 5.73 Å². The Balaban J connectivity index is 2.03. The number of hydrogen-bond acceptors (Lipinski definition) is 3. The van der Waals surface area contributed by atoms with E-state index in [1.54, 1.807) is 0 Å². The number of ether oxygens (including phenoxy) is 1. The van der Waals surface area contributed by atoms with Crippen LogP contribution in [0.1, 0.15) is 19.8 Å². The number of amides is 1. The van der Waals surface area contributed by atoms with Crippen LogP contribution >= 0.6 is 0 Å². The molecule has 0 radical (unpaired) electrons. The minimum atomic E-state index is -0.273. The van der Waals surface area contributed by atoms with Gasteiger partial charge < -0.3 is 15.8 Å². The summed E-state index contributed by atoms with van der Waals surface area (Å²) in [6.07, 6.45) is 1.28. The highest BCUT2D eigenvalue weighted by Gasteiger charge is 2.03. The second-order valence-electron chi connectivity index (χ2n) is 4.04. The van der Waals surface area contributed by atoms with E-state index in [1.165, 1.54) is 0 Å². The first-order chi connectivity index (χ1) is 8.18. The number of benzene rings is 1. The van der Waals surface area contributed by atoms with Crippen molar-refractivity contribution < 1.29 is 9.53 Å². The van der Waals surface area contributed by atoms with Crippen molar-refractivity contribution in [2.45, 2.75) is 25.8 Å². The van der Waals surface area contributed by atoms with Crippen molar-refractivity contribution >= 4 is 5.91 Å². The minimum Gasteiger partial charge on any atom is -0.494 e. The molecule has 0 saturated heterocycles. The molecule has 1 amide bonds. The van der Waals surface area contributed by atoms with Gasteiger partial charge >= 0.3 is 0 Å². The summed E-state index contributed by atoms with van der Waals surface area (Å²) in [6.45, 7) is 3.43. The Kier molecular flexibility index (Phi) is 6.10. The van der Waals surface area contributed by atoms with Gasteiger partial charge in [0.05, 0.1) is 6.61 Å². The Bertz CT molecular complexity index is 327. The molecule has 94 valence electrons. The lowest BCUT2D eigenvalue weighted by molar-refractivity contribution is -0.118. The van der Waals surface area contributed by atoms with Crippen LogP contribution in [0.3, 0.4) is 0 Å². The number of carbonyl (C=O) groups excluding carboxylic acids is 1. The maximum absolute atomic E-state index is 10.6. The van der Waals surface area contributed by atoms with Crippen LogP contribution in [-0.4, -0.2) is 25.1 Å². The van der Waals surface area contributed by atoms with Gasteiger partial charge in [-0.2, -0.15) is 0 Å². The van der Waals surface area contributed by atoms with Crippen LogP contribution in [0, 0.1) is 0 Å². The largest absolute Gasteiger partial charge is 0.494 e. The molecule has 0 aliphatic carbocycles. The van der Waals surface area contributed by atoms with E-state index in [4.69, 9.17) is 10.5 Å². The molecule has 0 fully saturated rings. The number of nitrogens with one attached hydrogen (secondary N) is 1. The monoisotopic (exact) mass is 236 g/mol. The number of nitrogens with two attached hydrogens (primary N) is 1. The fraction of sp³-hybridized carbons (Fsp3) is 0.462. The van der Waals surface area contributed by atoms with Gasteiger partial charge in [-0.3, -0.25) is 4.79 Å². The van der Waals surface area contributed by atoms with Crippen molar-refractivity contribution in [1.29, 1.82) is 0 Å². The first-order valence-electron chi connectivity index (χ1n) is 5.88. The van der Waals surface area contributed by atoms with Crippen LogP contribution in [-0.2, 0) is 4.79 Å². The zero-order chi connectivity index (χ0) is 12.5. The molecular formula is C13H20N2O2. The van der Waals surface area contributed by atoms with Crippen LogP contribution in [0.25, 0.3) is 0 Å². The number of rotatable bonds is 8. The first kappa shape index (κ1) is 13.5. The third-order valence-corrected chi connectivity index (χ3v) is 2.33. The quantitative estimate of drug-likeness (QED) is 0.669. The molecule has 4 heteroatoms. The highest BCUT2D eigenvalue weighted by Crippen LogP contribution is 2.08. The van der Waals surface area contributed by atoms with Gasteiger partial charge in [0.15, 0.2) is 0 Å². The molecule has 0 bridgehead atoms. The molecule has 17 heavy (non-hydrogen) atoms. The van der Waals surface area contributed by atoms with Crippen LogP contribution in [0.2, 0.25) is 0 Å². The van der Waals surface area contributed by atoms with E-state index in [0.29, 0.717) is 13.0 Å². The molecule has 4 nitrogen and oxygen atoms in total. The molecule has 0 saturated carbocycles. The molecule has 0 heterocycles. The van der Waals surface area contributed by atoms with Gasteiger partial charge in [0, 0.05) is 12.5 Å². The third-order valence-electron chi connectivity index (χ3n) is 2.33. The van der Waals surface area contributed by atoms with Gasteiger partial charge in [-0.1, -0.05) is 18.2 Å². The van der Waals surface area contributed by atoms with Crippen LogP contribution < -0.4 is 15.8 Å². The van der Waals surface area contributed by atoms with E-state index >= 15 is 0 Å². The summed E-state index contributed by atoms with van der Waals surface area (Å²) >= 11 is 0. The topological polar surface area (TPSA) is 64.4 Å². The number of primary amides is 1. The normalized spacial score (nSPS) is 12.1. The van der Waals surface area contributed by atoms with E-state index in [0.717, 1.165) is 18.7 Å². The molecule has 0 aromatic heterocycles. The van der Waals surface area contributed by atoms with Crippen LogP contribution in [0.4, 0.5) is 0 Å². The third kappa shape index (κ3) is 6.58. The summed E-state index contributed by atoms with van der Waals surface area (Å²) in [6, 6.07) is 9.85. The number of para-hydroxylation sites is 1. The summed E-state index contributed by atoms with van der Waals surface area (Å²) in [5.74, 6) is 0.614. The molecule has 0 aliphatic heterocycles. The summed E-state index contributed by atoms with van der Waals surface area (Å²) < 4.78 is 5.54. The van der Waals surface area contributed by atoms with Gasteiger partial charge in [0.25, 0.3) is 0 Å². The first-order valence-corrected chi connectivity index (χ1v) is 5.88. The molecule has 1 atom stereocenters. The zero-order valence-corrected chi connectivity index (χ0v) is 10.2. The van der Waals surface area contributed by atoms with Crippen molar-refractivity contribution in [1.82, 2.24) is 5.32 Å². The molecule has 1 aromatic rings. The average molecular weight is 236 g/mol. The highest BCUT2D eigenvalue weighted by atomic mass is 16.5. The van der Waals surface area contributed by atoms with Crippen LogP contribution in [0.15, 0.2) is 30.3 Å². The Morgan fingerprint density at radius 2 is 2.12 bits per heavy atom. The van der Waals surface area contributed by atoms with E-state index in [2.05, 4.69) is 5.32 Å². The molecule has 0 aliphatic rings. The van der Waals surface area contributed by atoms with Gasteiger partial charge in [-0.15, -0.1) is 0 Å². The average Bonchev–Trinajstić information content (AvgIpc) is 2.29. The Hall–Kier alpha value is -1.55. The molecule has 1 aromatic carbocycles. The minimum absolute atomic E-state index is 0.129. The summed E-state index contributed by atoms with van der Waals surface area (Å²) in [5, 5.41) is 3.22. The molecule has 1 rings (SSSR count). The smallest absolute Gasteiger partial charge is 0.218 e. The van der Waals surface area contributed by atoms with Gasteiger partial charge in [-0.25, -0.2) is 0 Å². The number of hydrogen-bond donors (Lipinski definition) is 2. The Labute approximate surface area is 102 Å². The maximum atomic E-state index is 10.6. The van der Waals surface area contributed by atoms with Gasteiger partial charge in [0.2, 0.25) is 5.91 Å². The zero-order valence-electron chi connectivity index (χ0n) is 10.2. The Morgan fingerprint density at radius 3 is 2.76 bits per heavy atom. The van der Waals surface area contributed by atoms with Crippen LogP contribution in [0.5, 0.6) is 5.75 Å². The molecule has 0 spiro atoms. The van der Waals surface area contributed by atoms with E-state index in [9.17, 15) is 4.79 Å². The van der Waals surface area contributed by atoms with E-state index in [-0.39, 0.29) is 11.9 Å². The lowest BCUT2D eigenvalue weighted by atomic mass is 10.2. The van der Waals surface area contributed by atoms with Crippen molar-refractivity contribution in [3.05, 3.63) is 30.3 Å². The fourth-order valence-electron chi connectivity index (χ4n) is 1.50. The van der Waals surface area contributed by atoms with Gasteiger partial charge in [0.1, 0.15) is 5.75 Å². The highest BCUT2D eigenvalue weighted by molar-refractivity contribution is 5.74. The van der Waals surface area contributed by atoms with Crippen molar-refractivity contribution in [3.8, 4) is 5.75 Å². The molecule has 3 N–H and O–H groups in total. The standard InChI is InChI=1S/C13H20N2O2/c1-11(10-13(14)16)15-8-5-9-17-12-6-3-2-4-7-12/h2-4,6-7,11,15H,5,8-10H2,1H3,(H2,14,16). The fourth-order valence-corrected chi connectivity index (χ4v) is 1.50. The van der Waals surface area contributed by atoms with E-state index in [1.807, 2.05) is 37.3 Å².